The second-order valence-electron chi connectivity index (χ2n) is 2.55. The fraction of sp³-hybridized carbons (Fsp3) is 0.125. The Kier molecular flexibility index (Phi) is 1.70. The lowest BCUT2D eigenvalue weighted by Gasteiger charge is -1.95. The van der Waals surface area contributed by atoms with Crippen molar-refractivity contribution < 1.29 is 0 Å². The summed E-state index contributed by atoms with van der Waals surface area (Å²) >= 11 is 7.42. The van der Waals surface area contributed by atoms with Crippen LogP contribution >= 0.6 is 22.9 Å². The SMILES string of the molecule is Cn1c(=N)sc2cccc(Cl)c21. The Bertz CT molecular complexity index is 483. The minimum atomic E-state index is 0.526. The number of nitrogens with zero attached hydrogens (tertiary/aromatic N) is 1. The predicted molar refractivity (Wildman–Crippen MR) is 51.7 cm³/mol. The zero-order valence-electron chi connectivity index (χ0n) is 6.47. The molecule has 2 nitrogen and oxygen atoms in total. The number of hydrogen-bond donors (Lipinski definition) is 1. The van der Waals surface area contributed by atoms with Crippen molar-refractivity contribution in [2.45, 2.75) is 0 Å². The van der Waals surface area contributed by atoms with Crippen LogP contribution in [0.25, 0.3) is 10.2 Å². The number of para-hydroxylation sites is 1. The molecule has 0 bridgehead atoms. The molecule has 2 aromatic rings. The standard InChI is InChI=1S/C8H7ClN2S/c1-11-7-5(9)3-2-4-6(7)12-8(11)10/h2-4,10H,1H3. The van der Waals surface area contributed by atoms with Gasteiger partial charge in [0.25, 0.3) is 0 Å². The predicted octanol–water partition coefficient (Wildman–Crippen LogP) is 2.37. The van der Waals surface area contributed by atoms with Crippen molar-refractivity contribution in [1.29, 1.82) is 5.41 Å². The zero-order chi connectivity index (χ0) is 8.72. The normalized spacial score (nSPS) is 10.8. The summed E-state index contributed by atoms with van der Waals surface area (Å²) in [7, 11) is 1.85. The van der Waals surface area contributed by atoms with Gasteiger partial charge in [0.15, 0.2) is 4.80 Å². The van der Waals surface area contributed by atoms with Gasteiger partial charge in [0.2, 0.25) is 0 Å². The minimum absolute atomic E-state index is 0.526. The molecule has 0 saturated carbocycles. The molecule has 0 aliphatic carbocycles. The van der Waals surface area contributed by atoms with Crippen LogP contribution in [0.4, 0.5) is 0 Å². The third-order valence-electron chi connectivity index (χ3n) is 1.80. The molecule has 2 rings (SSSR count). The number of thiazole rings is 1. The number of hydrogen-bond acceptors (Lipinski definition) is 2. The van der Waals surface area contributed by atoms with Gasteiger partial charge in [-0.2, -0.15) is 0 Å². The maximum absolute atomic E-state index is 7.57. The number of nitrogens with one attached hydrogen (secondary N) is 1. The number of fused-ring (bicyclic) bond motifs is 1. The molecular formula is C8H7ClN2S. The Morgan fingerprint density at radius 1 is 1.50 bits per heavy atom. The van der Waals surface area contributed by atoms with Gasteiger partial charge >= 0.3 is 0 Å². The molecule has 0 fully saturated rings. The van der Waals surface area contributed by atoms with Gasteiger partial charge in [-0.3, -0.25) is 5.41 Å². The van der Waals surface area contributed by atoms with E-state index in [4.69, 9.17) is 17.0 Å². The summed E-state index contributed by atoms with van der Waals surface area (Å²) in [6.07, 6.45) is 0. The molecule has 12 heavy (non-hydrogen) atoms. The molecule has 0 amide bonds. The Morgan fingerprint density at radius 2 is 2.25 bits per heavy atom. The number of aromatic nitrogens is 1. The largest absolute Gasteiger partial charge is 0.319 e. The summed E-state index contributed by atoms with van der Waals surface area (Å²) in [5.74, 6) is 0. The molecule has 0 spiro atoms. The first-order chi connectivity index (χ1) is 5.70. The van der Waals surface area contributed by atoms with Gasteiger partial charge in [0.1, 0.15) is 0 Å². The van der Waals surface area contributed by atoms with Crippen LogP contribution in [-0.2, 0) is 7.05 Å². The first kappa shape index (κ1) is 7.83. The van der Waals surface area contributed by atoms with E-state index in [9.17, 15) is 0 Å². The van der Waals surface area contributed by atoms with E-state index in [0.717, 1.165) is 10.2 Å². The van der Waals surface area contributed by atoms with Crippen molar-refractivity contribution in [1.82, 2.24) is 4.57 Å². The summed E-state index contributed by atoms with van der Waals surface area (Å²) in [6.45, 7) is 0. The molecule has 4 heteroatoms. The highest BCUT2D eigenvalue weighted by Crippen LogP contribution is 2.23. The van der Waals surface area contributed by atoms with Crippen molar-refractivity contribution >= 4 is 33.2 Å². The van der Waals surface area contributed by atoms with Crippen LogP contribution in [0.15, 0.2) is 18.2 Å². The maximum atomic E-state index is 7.57. The Morgan fingerprint density at radius 3 is 2.92 bits per heavy atom. The van der Waals surface area contributed by atoms with E-state index in [-0.39, 0.29) is 0 Å². The summed E-state index contributed by atoms with van der Waals surface area (Å²) < 4.78 is 2.86. The number of halogens is 1. The molecule has 1 aromatic heterocycles. The quantitative estimate of drug-likeness (QED) is 0.674. The maximum Gasteiger partial charge on any atom is 0.182 e. The second kappa shape index (κ2) is 2.61. The van der Waals surface area contributed by atoms with Crippen molar-refractivity contribution in [2.24, 2.45) is 7.05 Å². The van der Waals surface area contributed by atoms with Gasteiger partial charge in [-0.15, -0.1) is 0 Å². The molecule has 0 saturated heterocycles. The van der Waals surface area contributed by atoms with Crippen LogP contribution < -0.4 is 4.80 Å². The first-order valence-corrected chi connectivity index (χ1v) is 4.68. The molecule has 1 heterocycles. The average Bonchev–Trinajstić information content (AvgIpc) is 2.29. The molecule has 0 atom stereocenters. The lowest BCUT2D eigenvalue weighted by molar-refractivity contribution is 0.894. The van der Waals surface area contributed by atoms with Gasteiger partial charge in [-0.05, 0) is 12.1 Å². The van der Waals surface area contributed by atoms with Crippen LogP contribution in [0.3, 0.4) is 0 Å². The van der Waals surface area contributed by atoms with Gasteiger partial charge < -0.3 is 4.57 Å². The molecule has 62 valence electrons. The van der Waals surface area contributed by atoms with Crippen LogP contribution in [0.5, 0.6) is 0 Å². The summed E-state index contributed by atoms with van der Waals surface area (Å²) in [6, 6.07) is 5.72. The molecule has 0 radical (unpaired) electrons. The Balaban J connectivity index is 3.07. The van der Waals surface area contributed by atoms with E-state index in [1.54, 1.807) is 4.57 Å². The van der Waals surface area contributed by atoms with Gasteiger partial charge in [0, 0.05) is 7.05 Å². The fourth-order valence-electron chi connectivity index (χ4n) is 1.18. The second-order valence-corrected chi connectivity index (χ2v) is 3.99. The smallest absolute Gasteiger partial charge is 0.182 e. The summed E-state index contributed by atoms with van der Waals surface area (Å²) in [5, 5.41) is 8.28. The molecular weight excluding hydrogens is 192 g/mol. The molecule has 0 aliphatic rings. The highest BCUT2D eigenvalue weighted by Gasteiger charge is 2.04. The summed E-state index contributed by atoms with van der Waals surface area (Å²) in [5.41, 5.74) is 0.953. The van der Waals surface area contributed by atoms with Crippen molar-refractivity contribution in [3.63, 3.8) is 0 Å². The van der Waals surface area contributed by atoms with Gasteiger partial charge in [-0.1, -0.05) is 29.0 Å². The van der Waals surface area contributed by atoms with Gasteiger partial charge in [0.05, 0.1) is 15.2 Å². The molecule has 1 N–H and O–H groups in total. The lowest BCUT2D eigenvalue weighted by Crippen LogP contribution is -2.06. The van der Waals surface area contributed by atoms with Crippen LogP contribution in [0.1, 0.15) is 0 Å². The third kappa shape index (κ3) is 0.974. The third-order valence-corrected chi connectivity index (χ3v) is 3.12. The Labute approximate surface area is 78.5 Å². The van der Waals surface area contributed by atoms with E-state index in [0.29, 0.717) is 9.82 Å². The monoisotopic (exact) mass is 198 g/mol. The molecule has 0 unspecified atom stereocenters. The zero-order valence-corrected chi connectivity index (χ0v) is 8.04. The summed E-state index contributed by atoms with van der Waals surface area (Å²) in [4.78, 5) is 0.526. The first-order valence-electron chi connectivity index (χ1n) is 3.49. The minimum Gasteiger partial charge on any atom is -0.319 e. The topological polar surface area (TPSA) is 28.8 Å². The van der Waals surface area contributed by atoms with E-state index in [1.165, 1.54) is 11.3 Å². The highest BCUT2D eigenvalue weighted by atomic mass is 35.5. The van der Waals surface area contributed by atoms with E-state index < -0.39 is 0 Å². The van der Waals surface area contributed by atoms with Crippen LogP contribution in [-0.4, -0.2) is 4.57 Å². The number of rotatable bonds is 0. The van der Waals surface area contributed by atoms with E-state index in [1.807, 2.05) is 25.2 Å². The van der Waals surface area contributed by atoms with Crippen molar-refractivity contribution in [2.75, 3.05) is 0 Å². The van der Waals surface area contributed by atoms with E-state index in [2.05, 4.69) is 0 Å². The van der Waals surface area contributed by atoms with E-state index >= 15 is 0 Å². The Hall–Kier alpha value is -0.800. The fourth-order valence-corrected chi connectivity index (χ4v) is 2.46. The number of benzene rings is 1. The van der Waals surface area contributed by atoms with Crippen LogP contribution in [0, 0.1) is 5.41 Å². The average molecular weight is 199 g/mol. The molecule has 0 aliphatic heterocycles. The highest BCUT2D eigenvalue weighted by molar-refractivity contribution is 7.16. The van der Waals surface area contributed by atoms with Gasteiger partial charge in [-0.25, -0.2) is 0 Å². The lowest BCUT2D eigenvalue weighted by atomic mass is 10.3. The van der Waals surface area contributed by atoms with Crippen molar-refractivity contribution in [3.05, 3.63) is 28.0 Å². The van der Waals surface area contributed by atoms with Crippen molar-refractivity contribution in [3.8, 4) is 0 Å². The van der Waals surface area contributed by atoms with Crippen LogP contribution in [0.2, 0.25) is 5.02 Å². The molecule has 1 aromatic carbocycles. The number of aryl methyl sites for hydroxylation is 1.